The molecule has 1 aromatic carbocycles. The van der Waals surface area contributed by atoms with Crippen LogP contribution in [0.2, 0.25) is 0 Å². The van der Waals surface area contributed by atoms with Gasteiger partial charge in [-0.15, -0.1) is 0 Å². The first-order chi connectivity index (χ1) is 6.77. The average Bonchev–Trinajstić information content (AvgIpc) is 3.00. The quantitative estimate of drug-likeness (QED) is 0.528. The van der Waals surface area contributed by atoms with E-state index in [9.17, 15) is 0 Å². The Labute approximate surface area is 83.1 Å². The fraction of sp³-hybridized carbons (Fsp3) is 0.364. The predicted octanol–water partition coefficient (Wildman–Crippen LogP) is 2.63. The van der Waals surface area contributed by atoms with Gasteiger partial charge in [0.15, 0.2) is 0 Å². The maximum Gasteiger partial charge on any atom is 0.228 e. The maximum atomic E-state index is 6.99. The van der Waals surface area contributed by atoms with Crippen molar-refractivity contribution in [3.63, 3.8) is 0 Å². The van der Waals surface area contributed by atoms with Crippen LogP contribution >= 0.6 is 0 Å². The third-order valence-electron chi connectivity index (χ3n) is 2.43. The minimum absolute atomic E-state index is 0.212. The van der Waals surface area contributed by atoms with Gasteiger partial charge in [0, 0.05) is 0 Å². The van der Waals surface area contributed by atoms with Gasteiger partial charge in [-0.05, 0) is 18.1 Å². The molecule has 1 saturated heterocycles. The molecule has 0 radical (unpaired) electrons. The van der Waals surface area contributed by atoms with E-state index in [1.165, 1.54) is 0 Å². The Bertz CT molecular complexity index is 402. The number of ether oxygens (including phenoxy) is 2. The molecule has 0 amide bonds. The van der Waals surface area contributed by atoms with Crippen molar-refractivity contribution in [1.29, 1.82) is 0 Å². The fourth-order valence-electron chi connectivity index (χ4n) is 1.61. The van der Waals surface area contributed by atoms with Gasteiger partial charge in [-0.1, -0.05) is 12.1 Å². The lowest BCUT2D eigenvalue weighted by Gasteiger charge is -2.10. The minimum atomic E-state index is 0.212. The molecule has 1 unspecified atom stereocenters. The molecule has 14 heavy (non-hydrogen) atoms. The van der Waals surface area contributed by atoms with E-state index in [1.54, 1.807) is 13.2 Å². The molecule has 1 atom stereocenters. The summed E-state index contributed by atoms with van der Waals surface area (Å²) in [4.78, 5) is 3.41. The molecule has 1 aromatic rings. The minimum Gasteiger partial charge on any atom is -0.508 e. The van der Waals surface area contributed by atoms with Gasteiger partial charge in [-0.2, -0.15) is 0 Å². The van der Waals surface area contributed by atoms with Crippen molar-refractivity contribution in [2.24, 2.45) is 0 Å². The maximum absolute atomic E-state index is 6.99. The van der Waals surface area contributed by atoms with E-state index in [0.29, 0.717) is 11.4 Å². The number of rotatable bonds is 2. The molecular formula is C11H11NO2. The first-order valence-electron chi connectivity index (χ1n) is 4.44. The predicted molar refractivity (Wildman–Crippen MR) is 52.7 cm³/mol. The van der Waals surface area contributed by atoms with Gasteiger partial charge in [-0.25, -0.2) is 4.85 Å². The van der Waals surface area contributed by atoms with Gasteiger partial charge in [0.1, 0.15) is 11.9 Å². The van der Waals surface area contributed by atoms with Crippen LogP contribution in [0.15, 0.2) is 12.1 Å². The number of nitrogens with zero attached hydrogens (tertiary/aromatic N) is 1. The molecule has 1 heterocycles. The summed E-state index contributed by atoms with van der Waals surface area (Å²) >= 11 is 0. The molecule has 1 fully saturated rings. The van der Waals surface area contributed by atoms with E-state index >= 15 is 0 Å². The van der Waals surface area contributed by atoms with E-state index in [0.717, 1.165) is 17.7 Å². The summed E-state index contributed by atoms with van der Waals surface area (Å²) in [6.07, 6.45) is 0.212. The number of hydrogen-bond donors (Lipinski definition) is 0. The summed E-state index contributed by atoms with van der Waals surface area (Å²) < 4.78 is 10.4. The molecule has 0 saturated carbocycles. The van der Waals surface area contributed by atoms with Crippen molar-refractivity contribution in [2.75, 3.05) is 13.7 Å². The summed E-state index contributed by atoms with van der Waals surface area (Å²) in [6, 6.07) is 3.73. The van der Waals surface area contributed by atoms with Crippen LogP contribution in [0.3, 0.4) is 0 Å². The first-order valence-corrected chi connectivity index (χ1v) is 4.44. The van der Waals surface area contributed by atoms with Gasteiger partial charge in [0.2, 0.25) is 5.69 Å². The highest BCUT2D eigenvalue weighted by atomic mass is 16.6. The SMILES string of the molecule is [C-]#[N+]c1ccc(C2CO2)c(C)c1OC. The average molecular weight is 189 g/mol. The van der Waals surface area contributed by atoms with Crippen molar-refractivity contribution in [1.82, 2.24) is 0 Å². The Morgan fingerprint density at radius 3 is 2.79 bits per heavy atom. The Balaban J connectivity index is 2.52. The number of methoxy groups -OCH3 is 1. The van der Waals surface area contributed by atoms with Crippen LogP contribution < -0.4 is 4.74 Å². The summed E-state index contributed by atoms with van der Waals surface area (Å²) in [6.45, 7) is 9.73. The standard InChI is InChI=1S/C11H11NO2/c1-7-8(10-6-14-10)4-5-9(12-2)11(7)13-3/h4-5,10H,6H2,1,3H3. The summed E-state index contributed by atoms with van der Waals surface area (Å²) in [7, 11) is 1.59. The van der Waals surface area contributed by atoms with Gasteiger partial charge >= 0.3 is 0 Å². The normalized spacial score (nSPS) is 18.8. The van der Waals surface area contributed by atoms with Crippen LogP contribution in [0.5, 0.6) is 5.75 Å². The smallest absolute Gasteiger partial charge is 0.228 e. The monoisotopic (exact) mass is 189 g/mol. The number of epoxide rings is 1. The van der Waals surface area contributed by atoms with Crippen LogP contribution in [0.4, 0.5) is 5.69 Å². The largest absolute Gasteiger partial charge is 0.508 e. The zero-order valence-corrected chi connectivity index (χ0v) is 8.20. The lowest BCUT2D eigenvalue weighted by Crippen LogP contribution is -1.92. The molecule has 3 nitrogen and oxygen atoms in total. The summed E-state index contributed by atoms with van der Waals surface area (Å²) in [5.74, 6) is 0.674. The van der Waals surface area contributed by atoms with Crippen molar-refractivity contribution >= 4 is 5.69 Å². The van der Waals surface area contributed by atoms with Gasteiger partial charge < -0.3 is 9.47 Å². The van der Waals surface area contributed by atoms with Gasteiger partial charge in [0.25, 0.3) is 0 Å². The molecule has 0 aliphatic carbocycles. The highest BCUT2D eigenvalue weighted by Crippen LogP contribution is 2.40. The molecular weight excluding hydrogens is 178 g/mol. The van der Waals surface area contributed by atoms with Crippen LogP contribution in [-0.2, 0) is 4.74 Å². The molecule has 3 heteroatoms. The molecule has 1 aliphatic heterocycles. The Kier molecular flexibility index (Phi) is 2.14. The van der Waals surface area contributed by atoms with Crippen molar-refractivity contribution in [3.8, 4) is 5.75 Å². The lowest BCUT2D eigenvalue weighted by molar-refractivity contribution is 0.403. The topological polar surface area (TPSA) is 26.1 Å². The van der Waals surface area contributed by atoms with Gasteiger partial charge in [0.05, 0.1) is 20.3 Å². The molecule has 0 bridgehead atoms. The summed E-state index contributed by atoms with van der Waals surface area (Å²) in [5.41, 5.74) is 2.71. The highest BCUT2D eigenvalue weighted by molar-refractivity contribution is 5.63. The lowest BCUT2D eigenvalue weighted by atomic mass is 10.0. The van der Waals surface area contributed by atoms with Crippen LogP contribution in [0, 0.1) is 13.5 Å². The van der Waals surface area contributed by atoms with Crippen LogP contribution in [0.1, 0.15) is 17.2 Å². The third kappa shape index (κ3) is 1.34. The zero-order chi connectivity index (χ0) is 10.1. The second kappa shape index (κ2) is 3.32. The van der Waals surface area contributed by atoms with Gasteiger partial charge in [-0.3, -0.25) is 0 Å². The van der Waals surface area contributed by atoms with Crippen molar-refractivity contribution < 1.29 is 9.47 Å². The van der Waals surface area contributed by atoms with Crippen molar-refractivity contribution in [3.05, 3.63) is 34.7 Å². The van der Waals surface area contributed by atoms with E-state index in [1.807, 2.05) is 13.0 Å². The Morgan fingerprint density at radius 1 is 1.57 bits per heavy atom. The van der Waals surface area contributed by atoms with Crippen LogP contribution in [0.25, 0.3) is 4.85 Å². The molecule has 0 spiro atoms. The molecule has 0 aromatic heterocycles. The molecule has 1 aliphatic rings. The van der Waals surface area contributed by atoms with E-state index in [2.05, 4.69) is 4.85 Å². The molecule has 0 N–H and O–H groups in total. The van der Waals surface area contributed by atoms with E-state index in [-0.39, 0.29) is 6.10 Å². The number of hydrogen-bond acceptors (Lipinski definition) is 2. The first kappa shape index (κ1) is 9.04. The Morgan fingerprint density at radius 2 is 2.29 bits per heavy atom. The molecule has 72 valence electrons. The number of benzene rings is 1. The van der Waals surface area contributed by atoms with Crippen LogP contribution in [-0.4, -0.2) is 13.7 Å². The van der Waals surface area contributed by atoms with Crippen molar-refractivity contribution in [2.45, 2.75) is 13.0 Å². The Hall–Kier alpha value is -1.53. The van der Waals surface area contributed by atoms with E-state index < -0.39 is 0 Å². The van der Waals surface area contributed by atoms with E-state index in [4.69, 9.17) is 16.0 Å². The second-order valence-corrected chi connectivity index (χ2v) is 3.27. The molecule has 2 rings (SSSR count). The summed E-state index contributed by atoms with van der Waals surface area (Å²) in [5, 5.41) is 0. The highest BCUT2D eigenvalue weighted by Gasteiger charge is 2.28. The zero-order valence-electron chi connectivity index (χ0n) is 8.20. The second-order valence-electron chi connectivity index (χ2n) is 3.27. The third-order valence-corrected chi connectivity index (χ3v) is 2.43. The fourth-order valence-corrected chi connectivity index (χ4v) is 1.61.